The largest absolute Gasteiger partial charge is 0.490 e. The van der Waals surface area contributed by atoms with Crippen LogP contribution in [0.5, 0.6) is 5.75 Å². The Morgan fingerprint density at radius 2 is 1.94 bits per heavy atom. The number of hydrogen-bond acceptors (Lipinski definition) is 4. The summed E-state index contributed by atoms with van der Waals surface area (Å²) in [5.41, 5.74) is 7.59. The van der Waals surface area contributed by atoms with E-state index in [2.05, 4.69) is 24.3 Å². The molecule has 4 heteroatoms. The van der Waals surface area contributed by atoms with Crippen LogP contribution in [-0.2, 0) is 0 Å². The third-order valence-corrected chi connectivity index (χ3v) is 6.22. The van der Waals surface area contributed by atoms with Crippen LogP contribution in [0.3, 0.4) is 0 Å². The van der Waals surface area contributed by atoms with E-state index in [9.17, 15) is 0 Å². The van der Waals surface area contributed by atoms with Gasteiger partial charge in [0, 0.05) is 28.6 Å². The summed E-state index contributed by atoms with van der Waals surface area (Å²) in [5, 5.41) is 0.555. The number of thioether (sulfide) groups is 2. The van der Waals surface area contributed by atoms with E-state index in [1.165, 1.54) is 35.7 Å². The van der Waals surface area contributed by atoms with Gasteiger partial charge in [-0.3, -0.25) is 0 Å². The van der Waals surface area contributed by atoms with Crippen LogP contribution >= 0.6 is 23.5 Å². The zero-order valence-electron chi connectivity index (χ0n) is 10.4. The van der Waals surface area contributed by atoms with Gasteiger partial charge in [-0.2, -0.15) is 23.5 Å². The van der Waals surface area contributed by atoms with Crippen molar-refractivity contribution in [3.8, 4) is 5.75 Å². The lowest BCUT2D eigenvalue weighted by molar-refractivity contribution is 0.303. The van der Waals surface area contributed by atoms with Crippen molar-refractivity contribution in [1.29, 1.82) is 0 Å². The lowest BCUT2D eigenvalue weighted by atomic mass is 10.1. The maximum Gasteiger partial charge on any atom is 0.119 e. The molecule has 1 saturated carbocycles. The van der Waals surface area contributed by atoms with Gasteiger partial charge in [-0.15, -0.1) is 0 Å². The molecule has 2 unspecified atom stereocenters. The van der Waals surface area contributed by atoms with Gasteiger partial charge in [0.15, 0.2) is 0 Å². The Morgan fingerprint density at radius 1 is 1.17 bits per heavy atom. The molecule has 1 heterocycles. The molecule has 2 nitrogen and oxygen atoms in total. The van der Waals surface area contributed by atoms with Crippen LogP contribution in [0.15, 0.2) is 24.3 Å². The zero-order chi connectivity index (χ0) is 12.4. The van der Waals surface area contributed by atoms with Crippen molar-refractivity contribution in [3.05, 3.63) is 29.8 Å². The molecule has 2 fully saturated rings. The molecule has 0 amide bonds. The highest BCUT2D eigenvalue weighted by Gasteiger charge is 2.24. The van der Waals surface area contributed by atoms with Crippen molar-refractivity contribution in [1.82, 2.24) is 0 Å². The van der Waals surface area contributed by atoms with Crippen LogP contribution in [0, 0.1) is 0 Å². The van der Waals surface area contributed by atoms with Gasteiger partial charge in [0.2, 0.25) is 0 Å². The standard InChI is InChI=1S/C14H19NOS2/c15-14(13-9-17-7-8-18-13)10-1-3-11(4-2-10)16-12-5-6-12/h1-4,12-14H,5-9,15H2. The molecular formula is C14H19NOS2. The Balaban J connectivity index is 1.63. The Kier molecular flexibility index (Phi) is 4.07. The fraction of sp³-hybridized carbons (Fsp3) is 0.571. The number of nitrogens with two attached hydrogens (primary N) is 1. The predicted octanol–water partition coefficient (Wildman–Crippen LogP) is 3.08. The highest BCUT2D eigenvalue weighted by Crippen LogP contribution is 2.33. The van der Waals surface area contributed by atoms with Crippen LogP contribution in [0.25, 0.3) is 0 Å². The second-order valence-corrected chi connectivity index (χ2v) is 7.39. The normalized spacial score (nSPS) is 25.7. The average Bonchev–Trinajstić information content (AvgIpc) is 3.24. The third kappa shape index (κ3) is 3.16. The van der Waals surface area contributed by atoms with Gasteiger partial charge in [-0.1, -0.05) is 12.1 Å². The fourth-order valence-corrected chi connectivity index (χ4v) is 4.88. The minimum absolute atomic E-state index is 0.151. The van der Waals surface area contributed by atoms with Crippen molar-refractivity contribution < 1.29 is 4.74 Å². The second kappa shape index (κ2) is 5.76. The van der Waals surface area contributed by atoms with Crippen molar-refractivity contribution in [3.63, 3.8) is 0 Å². The van der Waals surface area contributed by atoms with Crippen LogP contribution in [0.4, 0.5) is 0 Å². The summed E-state index contributed by atoms with van der Waals surface area (Å²) in [5.74, 6) is 4.65. The Bertz CT molecular complexity index is 385. The minimum Gasteiger partial charge on any atom is -0.490 e. The second-order valence-electron chi connectivity index (χ2n) is 4.90. The summed E-state index contributed by atoms with van der Waals surface area (Å²) in [6.45, 7) is 0. The van der Waals surface area contributed by atoms with Crippen molar-refractivity contribution in [2.75, 3.05) is 17.3 Å². The Labute approximate surface area is 117 Å². The van der Waals surface area contributed by atoms with E-state index in [0.717, 1.165) is 5.75 Å². The van der Waals surface area contributed by atoms with Crippen molar-refractivity contribution >= 4 is 23.5 Å². The molecule has 98 valence electrons. The highest BCUT2D eigenvalue weighted by atomic mass is 32.2. The first-order valence-electron chi connectivity index (χ1n) is 6.54. The molecule has 2 atom stereocenters. The summed E-state index contributed by atoms with van der Waals surface area (Å²) in [4.78, 5) is 0. The lowest BCUT2D eigenvalue weighted by Gasteiger charge is -2.27. The van der Waals surface area contributed by atoms with Crippen molar-refractivity contribution in [2.45, 2.75) is 30.2 Å². The van der Waals surface area contributed by atoms with E-state index in [1.54, 1.807) is 0 Å². The molecule has 1 saturated heterocycles. The number of rotatable bonds is 4. The molecule has 3 rings (SSSR count). The van der Waals surface area contributed by atoms with E-state index in [0.29, 0.717) is 11.4 Å². The molecular weight excluding hydrogens is 262 g/mol. The Morgan fingerprint density at radius 3 is 2.56 bits per heavy atom. The van der Waals surface area contributed by atoms with Gasteiger partial charge >= 0.3 is 0 Å². The van der Waals surface area contributed by atoms with Crippen molar-refractivity contribution in [2.24, 2.45) is 5.73 Å². The van der Waals surface area contributed by atoms with Gasteiger partial charge in [0.1, 0.15) is 5.75 Å². The van der Waals surface area contributed by atoms with Gasteiger partial charge in [0.25, 0.3) is 0 Å². The maximum atomic E-state index is 6.36. The SMILES string of the molecule is NC(c1ccc(OC2CC2)cc1)C1CSCCS1. The van der Waals surface area contributed by atoms with Gasteiger partial charge in [-0.25, -0.2) is 0 Å². The summed E-state index contributed by atoms with van der Waals surface area (Å²) < 4.78 is 5.76. The first-order valence-corrected chi connectivity index (χ1v) is 8.75. The summed E-state index contributed by atoms with van der Waals surface area (Å²) in [6, 6.07) is 8.53. The van der Waals surface area contributed by atoms with E-state index in [-0.39, 0.29) is 6.04 Å². The number of benzene rings is 1. The molecule has 1 aliphatic carbocycles. The minimum atomic E-state index is 0.151. The van der Waals surface area contributed by atoms with E-state index in [1.807, 2.05) is 23.5 Å². The highest BCUT2D eigenvalue weighted by molar-refractivity contribution is 8.06. The van der Waals surface area contributed by atoms with E-state index >= 15 is 0 Å². The van der Waals surface area contributed by atoms with Crippen LogP contribution < -0.4 is 10.5 Å². The van der Waals surface area contributed by atoms with E-state index in [4.69, 9.17) is 10.5 Å². The number of ether oxygens (including phenoxy) is 1. The molecule has 2 N–H and O–H groups in total. The molecule has 18 heavy (non-hydrogen) atoms. The topological polar surface area (TPSA) is 35.2 Å². The quantitative estimate of drug-likeness (QED) is 0.920. The lowest BCUT2D eigenvalue weighted by Crippen LogP contribution is -2.28. The predicted molar refractivity (Wildman–Crippen MR) is 80.6 cm³/mol. The van der Waals surface area contributed by atoms with Gasteiger partial charge < -0.3 is 10.5 Å². The molecule has 1 aliphatic heterocycles. The van der Waals surface area contributed by atoms with Crippen LogP contribution in [0.1, 0.15) is 24.4 Å². The van der Waals surface area contributed by atoms with E-state index < -0.39 is 0 Å². The number of hydrogen-bond donors (Lipinski definition) is 1. The molecule has 1 aromatic rings. The van der Waals surface area contributed by atoms with Gasteiger partial charge in [-0.05, 0) is 30.5 Å². The van der Waals surface area contributed by atoms with Crippen LogP contribution in [0.2, 0.25) is 0 Å². The third-order valence-electron chi connectivity index (χ3n) is 3.33. The molecule has 2 aliphatic rings. The molecule has 1 aromatic carbocycles. The smallest absolute Gasteiger partial charge is 0.119 e. The van der Waals surface area contributed by atoms with Crippen LogP contribution in [-0.4, -0.2) is 28.6 Å². The fourth-order valence-electron chi connectivity index (χ4n) is 2.07. The molecule has 0 radical (unpaired) electrons. The summed E-state index contributed by atoms with van der Waals surface area (Å²) >= 11 is 4.03. The molecule has 0 aromatic heterocycles. The van der Waals surface area contributed by atoms with Gasteiger partial charge in [0.05, 0.1) is 6.10 Å². The monoisotopic (exact) mass is 281 g/mol. The summed E-state index contributed by atoms with van der Waals surface area (Å²) in [6.07, 6.45) is 2.88. The maximum absolute atomic E-state index is 6.36. The average molecular weight is 281 g/mol. The first kappa shape index (κ1) is 12.7. The first-order chi connectivity index (χ1) is 8.83. The Hall–Kier alpha value is -0.320. The summed E-state index contributed by atoms with van der Waals surface area (Å²) in [7, 11) is 0. The zero-order valence-corrected chi connectivity index (χ0v) is 12.0. The molecule has 0 bridgehead atoms. The molecule has 0 spiro atoms.